The van der Waals surface area contributed by atoms with E-state index in [9.17, 15) is 9.59 Å². The lowest BCUT2D eigenvalue weighted by molar-refractivity contribution is -0.149. The highest BCUT2D eigenvalue weighted by Crippen LogP contribution is 2.21. The van der Waals surface area contributed by atoms with Gasteiger partial charge < -0.3 is 9.84 Å². The van der Waals surface area contributed by atoms with Gasteiger partial charge in [-0.25, -0.2) is 9.78 Å². The molecule has 6 nitrogen and oxygen atoms in total. The SMILES string of the molecule is Cc1cc(=O)n(CC2CCC(C(=O)O)O2)c(C)n1. The second kappa shape index (κ2) is 4.89. The molecule has 98 valence electrons. The van der Waals surface area contributed by atoms with Crippen LogP contribution in [0.15, 0.2) is 10.9 Å². The van der Waals surface area contributed by atoms with Crippen molar-refractivity contribution >= 4 is 5.97 Å². The summed E-state index contributed by atoms with van der Waals surface area (Å²) in [6, 6.07) is 1.47. The molecule has 2 rings (SSSR count). The van der Waals surface area contributed by atoms with Gasteiger partial charge in [-0.05, 0) is 26.7 Å². The number of carbonyl (C=O) groups is 1. The van der Waals surface area contributed by atoms with Crippen molar-refractivity contribution in [3.05, 3.63) is 27.9 Å². The van der Waals surface area contributed by atoms with Crippen LogP contribution in [0.3, 0.4) is 0 Å². The van der Waals surface area contributed by atoms with Crippen LogP contribution in [0.4, 0.5) is 0 Å². The number of hydrogen-bond acceptors (Lipinski definition) is 4. The Labute approximate surface area is 104 Å². The number of aryl methyl sites for hydroxylation is 2. The van der Waals surface area contributed by atoms with Gasteiger partial charge in [0.05, 0.1) is 12.6 Å². The topological polar surface area (TPSA) is 81.4 Å². The fraction of sp³-hybridized carbons (Fsp3) is 0.583. The third-order valence-corrected chi connectivity index (χ3v) is 3.10. The maximum absolute atomic E-state index is 11.8. The Balaban J connectivity index is 2.12. The number of aromatic nitrogens is 2. The summed E-state index contributed by atoms with van der Waals surface area (Å²) in [6.07, 6.45) is 0.167. The molecule has 1 N–H and O–H groups in total. The summed E-state index contributed by atoms with van der Waals surface area (Å²) in [4.78, 5) is 26.8. The highest BCUT2D eigenvalue weighted by atomic mass is 16.5. The molecule has 1 aromatic heterocycles. The number of aliphatic carboxylic acids is 1. The van der Waals surface area contributed by atoms with Crippen LogP contribution in [0.5, 0.6) is 0 Å². The molecular formula is C12H16N2O4. The van der Waals surface area contributed by atoms with Gasteiger partial charge in [-0.2, -0.15) is 0 Å². The zero-order valence-corrected chi connectivity index (χ0v) is 10.4. The summed E-state index contributed by atoms with van der Waals surface area (Å²) >= 11 is 0. The number of rotatable bonds is 3. The zero-order valence-electron chi connectivity index (χ0n) is 10.4. The molecule has 18 heavy (non-hydrogen) atoms. The van der Waals surface area contributed by atoms with Gasteiger partial charge in [0.25, 0.3) is 5.56 Å². The Hall–Kier alpha value is -1.69. The smallest absolute Gasteiger partial charge is 0.332 e. The number of carboxylic acid groups (broad SMARTS) is 1. The largest absolute Gasteiger partial charge is 0.479 e. The zero-order chi connectivity index (χ0) is 13.3. The monoisotopic (exact) mass is 252 g/mol. The van der Waals surface area contributed by atoms with E-state index in [0.717, 1.165) is 0 Å². The Kier molecular flexibility index (Phi) is 3.47. The predicted octanol–water partition coefficient (Wildman–Crippen LogP) is 0.492. The van der Waals surface area contributed by atoms with Crippen LogP contribution in [0.25, 0.3) is 0 Å². The van der Waals surface area contributed by atoms with Crippen molar-refractivity contribution in [3.8, 4) is 0 Å². The van der Waals surface area contributed by atoms with E-state index < -0.39 is 12.1 Å². The first kappa shape index (κ1) is 12.8. The van der Waals surface area contributed by atoms with Crippen LogP contribution in [-0.4, -0.2) is 32.8 Å². The van der Waals surface area contributed by atoms with E-state index in [1.54, 1.807) is 13.8 Å². The second-order valence-corrected chi connectivity index (χ2v) is 4.56. The van der Waals surface area contributed by atoms with Crippen molar-refractivity contribution < 1.29 is 14.6 Å². The molecule has 1 aliphatic rings. The lowest BCUT2D eigenvalue weighted by atomic mass is 10.2. The van der Waals surface area contributed by atoms with Crippen LogP contribution in [0.2, 0.25) is 0 Å². The van der Waals surface area contributed by atoms with Gasteiger partial charge in [0.1, 0.15) is 5.82 Å². The van der Waals surface area contributed by atoms with Crippen LogP contribution in [0.1, 0.15) is 24.4 Å². The Morgan fingerprint density at radius 3 is 2.83 bits per heavy atom. The van der Waals surface area contributed by atoms with Gasteiger partial charge >= 0.3 is 5.97 Å². The summed E-state index contributed by atoms with van der Waals surface area (Å²) in [6.45, 7) is 3.89. The molecule has 0 spiro atoms. The van der Waals surface area contributed by atoms with E-state index >= 15 is 0 Å². The molecule has 0 saturated carbocycles. The van der Waals surface area contributed by atoms with Gasteiger partial charge in [0, 0.05) is 11.8 Å². The van der Waals surface area contributed by atoms with Crippen molar-refractivity contribution in [2.24, 2.45) is 0 Å². The molecule has 1 aliphatic heterocycles. The van der Waals surface area contributed by atoms with E-state index in [-0.39, 0.29) is 11.7 Å². The summed E-state index contributed by atoms with van der Waals surface area (Å²) in [5.41, 5.74) is 0.562. The fourth-order valence-corrected chi connectivity index (χ4v) is 2.21. The highest BCUT2D eigenvalue weighted by Gasteiger charge is 2.30. The van der Waals surface area contributed by atoms with Crippen molar-refractivity contribution in [3.63, 3.8) is 0 Å². The van der Waals surface area contributed by atoms with Crippen molar-refractivity contribution in [1.82, 2.24) is 9.55 Å². The molecule has 2 atom stereocenters. The molecule has 0 aliphatic carbocycles. The summed E-state index contributed by atoms with van der Waals surface area (Å²) in [5, 5.41) is 8.84. The maximum Gasteiger partial charge on any atom is 0.332 e. The molecular weight excluding hydrogens is 236 g/mol. The van der Waals surface area contributed by atoms with Gasteiger partial charge in [-0.3, -0.25) is 9.36 Å². The van der Waals surface area contributed by atoms with Gasteiger partial charge in [-0.15, -0.1) is 0 Å². The molecule has 0 radical (unpaired) electrons. The van der Waals surface area contributed by atoms with Crippen LogP contribution >= 0.6 is 0 Å². The third-order valence-electron chi connectivity index (χ3n) is 3.10. The van der Waals surface area contributed by atoms with Gasteiger partial charge in [0.15, 0.2) is 6.10 Å². The minimum absolute atomic E-state index is 0.123. The Bertz CT molecular complexity index is 523. The summed E-state index contributed by atoms with van der Waals surface area (Å²) in [7, 11) is 0. The van der Waals surface area contributed by atoms with E-state index in [1.165, 1.54) is 10.6 Å². The molecule has 1 saturated heterocycles. The lowest BCUT2D eigenvalue weighted by Gasteiger charge is -2.15. The lowest BCUT2D eigenvalue weighted by Crippen LogP contribution is -2.30. The normalized spacial score (nSPS) is 23.2. The predicted molar refractivity (Wildman–Crippen MR) is 63.5 cm³/mol. The quantitative estimate of drug-likeness (QED) is 0.846. The average Bonchev–Trinajstić information content (AvgIpc) is 2.71. The van der Waals surface area contributed by atoms with E-state index in [2.05, 4.69) is 4.98 Å². The van der Waals surface area contributed by atoms with Gasteiger partial charge in [0.2, 0.25) is 0 Å². The molecule has 0 bridgehead atoms. The first-order valence-corrected chi connectivity index (χ1v) is 5.90. The third kappa shape index (κ3) is 2.59. The van der Waals surface area contributed by atoms with Crippen molar-refractivity contribution in [2.75, 3.05) is 0 Å². The molecule has 0 aromatic carbocycles. The summed E-state index contributed by atoms with van der Waals surface area (Å²) in [5.74, 6) is -0.314. The number of nitrogens with zero attached hydrogens (tertiary/aromatic N) is 2. The highest BCUT2D eigenvalue weighted by molar-refractivity contribution is 5.72. The standard InChI is InChI=1S/C12H16N2O4/c1-7-5-11(15)14(8(2)13-7)6-9-3-4-10(18-9)12(16)17/h5,9-10H,3-4,6H2,1-2H3,(H,16,17). The van der Waals surface area contributed by atoms with E-state index in [4.69, 9.17) is 9.84 Å². The molecule has 2 unspecified atom stereocenters. The minimum Gasteiger partial charge on any atom is -0.479 e. The molecule has 2 heterocycles. The fourth-order valence-electron chi connectivity index (χ4n) is 2.21. The summed E-state index contributed by atoms with van der Waals surface area (Å²) < 4.78 is 6.91. The molecule has 1 aromatic rings. The molecule has 1 fully saturated rings. The van der Waals surface area contributed by atoms with Crippen LogP contribution in [0, 0.1) is 13.8 Å². The number of ether oxygens (including phenoxy) is 1. The Morgan fingerprint density at radius 1 is 1.56 bits per heavy atom. The molecule has 6 heteroatoms. The molecule has 0 amide bonds. The maximum atomic E-state index is 11.8. The second-order valence-electron chi connectivity index (χ2n) is 4.56. The van der Waals surface area contributed by atoms with Crippen LogP contribution < -0.4 is 5.56 Å². The van der Waals surface area contributed by atoms with Crippen molar-refractivity contribution in [1.29, 1.82) is 0 Å². The first-order chi connectivity index (χ1) is 8.47. The first-order valence-electron chi connectivity index (χ1n) is 5.90. The van der Waals surface area contributed by atoms with E-state index in [0.29, 0.717) is 30.9 Å². The average molecular weight is 252 g/mol. The van der Waals surface area contributed by atoms with Crippen LogP contribution in [-0.2, 0) is 16.1 Å². The van der Waals surface area contributed by atoms with E-state index in [1.807, 2.05) is 0 Å². The van der Waals surface area contributed by atoms with Gasteiger partial charge in [-0.1, -0.05) is 0 Å². The minimum atomic E-state index is -0.941. The number of hydrogen-bond donors (Lipinski definition) is 1. The number of carboxylic acids is 1. The van der Waals surface area contributed by atoms with Crippen molar-refractivity contribution in [2.45, 2.75) is 45.4 Å². The Morgan fingerprint density at radius 2 is 2.28 bits per heavy atom.